The third-order valence-corrected chi connectivity index (χ3v) is 5.54. The van der Waals surface area contributed by atoms with Crippen LogP contribution in [-0.4, -0.2) is 41.0 Å². The summed E-state index contributed by atoms with van der Waals surface area (Å²) in [6.07, 6.45) is 0.932. The molecule has 35 heavy (non-hydrogen) atoms. The Morgan fingerprint density at radius 3 is 2.46 bits per heavy atom. The maximum absolute atomic E-state index is 12.9. The van der Waals surface area contributed by atoms with Crippen LogP contribution in [0.4, 0.5) is 10.5 Å². The number of amides is 2. The molecule has 0 bridgehead atoms. The number of carbonyl (C=O) groups is 2. The molecule has 0 aliphatic heterocycles. The molecular weight excluding hydrogens is 478 g/mol. The maximum atomic E-state index is 12.9. The normalized spacial score (nSPS) is 11.4. The van der Waals surface area contributed by atoms with Crippen molar-refractivity contribution in [1.82, 2.24) is 9.88 Å². The predicted octanol–water partition coefficient (Wildman–Crippen LogP) is 3.61. The fourth-order valence-corrected chi connectivity index (χ4v) is 3.62. The first-order valence-corrected chi connectivity index (χ1v) is 10.8. The van der Waals surface area contributed by atoms with Gasteiger partial charge in [0.25, 0.3) is 5.56 Å². The van der Waals surface area contributed by atoms with E-state index in [-0.39, 0.29) is 12.2 Å². The third-order valence-electron chi connectivity index (χ3n) is 5.17. The molecule has 2 aromatic carbocycles. The van der Waals surface area contributed by atoms with Crippen LogP contribution in [-0.2, 0) is 11.3 Å². The summed E-state index contributed by atoms with van der Waals surface area (Å²) in [7, 11) is 2.89. The fraction of sp³-hybridized carbons (Fsp3) is 0.208. The Kier molecular flexibility index (Phi) is 8.21. The zero-order valence-electron chi connectivity index (χ0n) is 18.9. The fourth-order valence-electron chi connectivity index (χ4n) is 3.42. The molecule has 0 saturated heterocycles. The highest BCUT2D eigenvalue weighted by Crippen LogP contribution is 2.31. The predicted molar refractivity (Wildman–Crippen MR) is 130 cm³/mol. The van der Waals surface area contributed by atoms with Gasteiger partial charge in [0.1, 0.15) is 5.75 Å². The molecule has 11 heteroatoms. The number of carboxylic acids is 1. The molecule has 0 fully saturated rings. The number of ether oxygens (including phenoxy) is 2. The van der Waals surface area contributed by atoms with Crippen molar-refractivity contribution in [1.29, 1.82) is 0 Å². The summed E-state index contributed by atoms with van der Waals surface area (Å²) in [6.45, 7) is 0.113. The summed E-state index contributed by atoms with van der Waals surface area (Å²) in [5.74, 6) is -0.815. The zero-order valence-corrected chi connectivity index (χ0v) is 19.7. The number of aromatic nitrogens is 1. The molecule has 0 saturated carbocycles. The number of carbonyl (C=O) groups excluding carboxylic acids is 1. The molecule has 184 valence electrons. The molecule has 3 aromatic rings. The van der Waals surface area contributed by atoms with Gasteiger partial charge in [-0.25, -0.2) is 4.79 Å². The van der Waals surface area contributed by atoms with Gasteiger partial charge in [-0.15, -0.1) is 0 Å². The molecule has 0 radical (unpaired) electrons. The SMILES string of the molecule is COc1ccc([C@H](CC(=O)O)NC(=O)Nc2c(O)ccn(Cc3ccccc3Cl)c2=O)cc1OC. The average Bonchev–Trinajstić information content (AvgIpc) is 2.83. The maximum Gasteiger partial charge on any atom is 0.319 e. The highest BCUT2D eigenvalue weighted by molar-refractivity contribution is 6.31. The number of rotatable bonds is 9. The highest BCUT2D eigenvalue weighted by Gasteiger charge is 2.22. The van der Waals surface area contributed by atoms with E-state index in [1.54, 1.807) is 42.5 Å². The van der Waals surface area contributed by atoms with Crippen LogP contribution in [0.15, 0.2) is 59.5 Å². The minimum atomic E-state index is -1.16. The second-order valence-electron chi connectivity index (χ2n) is 7.46. The second kappa shape index (κ2) is 11.3. The van der Waals surface area contributed by atoms with Gasteiger partial charge in [0, 0.05) is 11.2 Å². The number of aromatic hydroxyl groups is 1. The first kappa shape index (κ1) is 25.4. The zero-order chi connectivity index (χ0) is 25.5. The van der Waals surface area contributed by atoms with Gasteiger partial charge in [-0.3, -0.25) is 9.59 Å². The van der Waals surface area contributed by atoms with Crippen LogP contribution in [0, 0.1) is 0 Å². The first-order chi connectivity index (χ1) is 16.7. The lowest BCUT2D eigenvalue weighted by molar-refractivity contribution is -0.137. The number of urea groups is 1. The lowest BCUT2D eigenvalue weighted by Gasteiger charge is -2.20. The van der Waals surface area contributed by atoms with Crippen LogP contribution in [0.3, 0.4) is 0 Å². The number of carboxylic acid groups (broad SMARTS) is 1. The van der Waals surface area contributed by atoms with Crippen molar-refractivity contribution in [3.8, 4) is 17.2 Å². The number of anilines is 1. The van der Waals surface area contributed by atoms with Gasteiger partial charge >= 0.3 is 12.0 Å². The van der Waals surface area contributed by atoms with Gasteiger partial charge in [-0.05, 0) is 35.4 Å². The van der Waals surface area contributed by atoms with Crippen molar-refractivity contribution in [2.75, 3.05) is 19.5 Å². The number of methoxy groups -OCH3 is 2. The number of hydrogen-bond acceptors (Lipinski definition) is 6. The van der Waals surface area contributed by atoms with Crippen molar-refractivity contribution in [3.63, 3.8) is 0 Å². The van der Waals surface area contributed by atoms with Crippen LogP contribution in [0.5, 0.6) is 17.2 Å². The average molecular weight is 502 g/mol. The Morgan fingerprint density at radius 1 is 1.09 bits per heavy atom. The molecule has 1 aromatic heterocycles. The number of pyridine rings is 1. The Hall–Kier alpha value is -4.18. The van der Waals surface area contributed by atoms with Crippen molar-refractivity contribution in [3.05, 3.63) is 81.2 Å². The van der Waals surface area contributed by atoms with Gasteiger partial charge in [-0.1, -0.05) is 35.9 Å². The quantitative estimate of drug-likeness (QED) is 0.351. The van der Waals surface area contributed by atoms with Crippen LogP contribution < -0.4 is 25.7 Å². The topological polar surface area (TPSA) is 139 Å². The molecule has 4 N–H and O–H groups in total. The minimum absolute atomic E-state index is 0.113. The summed E-state index contributed by atoms with van der Waals surface area (Å²) in [4.78, 5) is 37.1. The summed E-state index contributed by atoms with van der Waals surface area (Å²) in [5.41, 5.74) is 0.0837. The summed E-state index contributed by atoms with van der Waals surface area (Å²) >= 11 is 6.17. The molecule has 1 heterocycles. The number of hydrogen-bond donors (Lipinski definition) is 4. The molecule has 0 unspecified atom stereocenters. The van der Waals surface area contributed by atoms with Gasteiger partial charge in [0.2, 0.25) is 0 Å². The van der Waals surface area contributed by atoms with E-state index in [9.17, 15) is 24.6 Å². The minimum Gasteiger partial charge on any atom is -0.505 e. The summed E-state index contributed by atoms with van der Waals surface area (Å²) in [6, 6.07) is 11.1. The number of benzene rings is 2. The Labute approximate surface area is 205 Å². The van der Waals surface area contributed by atoms with Crippen molar-refractivity contribution < 1.29 is 29.3 Å². The summed E-state index contributed by atoms with van der Waals surface area (Å²) < 4.78 is 11.7. The smallest absolute Gasteiger partial charge is 0.319 e. The Morgan fingerprint density at radius 2 is 1.80 bits per heavy atom. The lowest BCUT2D eigenvalue weighted by Crippen LogP contribution is -2.36. The van der Waals surface area contributed by atoms with Crippen LogP contribution in [0.2, 0.25) is 5.02 Å². The number of aliphatic carboxylic acids is 1. The molecule has 1 atom stereocenters. The van der Waals surface area contributed by atoms with E-state index in [1.807, 2.05) is 0 Å². The Bertz CT molecular complexity index is 1290. The van der Waals surface area contributed by atoms with Crippen molar-refractivity contribution in [2.24, 2.45) is 0 Å². The van der Waals surface area contributed by atoms with Gasteiger partial charge in [0.05, 0.1) is 33.2 Å². The molecular formula is C24H24ClN3O7. The summed E-state index contributed by atoms with van der Waals surface area (Å²) in [5, 5.41) is 24.9. The Balaban J connectivity index is 1.84. The largest absolute Gasteiger partial charge is 0.505 e. The van der Waals surface area contributed by atoms with Gasteiger partial charge in [0.15, 0.2) is 17.2 Å². The second-order valence-corrected chi connectivity index (χ2v) is 7.87. The third kappa shape index (κ3) is 6.24. The van der Waals surface area contributed by atoms with E-state index in [0.29, 0.717) is 27.6 Å². The standard InChI is InChI=1S/C24H24ClN3O7/c1-34-19-8-7-14(11-20(19)35-2)17(12-21(30)31)26-24(33)27-22-18(29)9-10-28(23(22)32)13-15-5-3-4-6-16(15)25/h3-11,17,29H,12-13H2,1-2H3,(H,30,31)(H2,26,27,33)/t17-/m0/s1. The first-order valence-electron chi connectivity index (χ1n) is 10.4. The number of nitrogens with one attached hydrogen (secondary N) is 2. The van der Waals surface area contributed by atoms with E-state index >= 15 is 0 Å². The molecule has 2 amide bonds. The van der Waals surface area contributed by atoms with Crippen LogP contribution >= 0.6 is 11.6 Å². The van der Waals surface area contributed by atoms with Crippen molar-refractivity contribution >= 4 is 29.3 Å². The lowest BCUT2D eigenvalue weighted by atomic mass is 10.0. The monoisotopic (exact) mass is 501 g/mol. The van der Waals surface area contributed by atoms with E-state index in [1.165, 1.54) is 31.0 Å². The van der Waals surface area contributed by atoms with E-state index in [4.69, 9.17) is 21.1 Å². The highest BCUT2D eigenvalue weighted by atomic mass is 35.5. The van der Waals surface area contributed by atoms with Gasteiger partial charge in [-0.2, -0.15) is 0 Å². The molecule has 0 aliphatic carbocycles. The van der Waals surface area contributed by atoms with E-state index in [0.717, 1.165) is 0 Å². The number of halogens is 1. The van der Waals surface area contributed by atoms with Crippen molar-refractivity contribution in [2.45, 2.75) is 19.0 Å². The van der Waals surface area contributed by atoms with Gasteiger partial charge < -0.3 is 34.9 Å². The number of nitrogens with zero attached hydrogens (tertiary/aromatic N) is 1. The molecule has 0 aliphatic rings. The van der Waals surface area contributed by atoms with E-state index in [2.05, 4.69) is 10.6 Å². The molecule has 0 spiro atoms. The van der Waals surface area contributed by atoms with Crippen LogP contribution in [0.1, 0.15) is 23.6 Å². The molecule has 10 nitrogen and oxygen atoms in total. The van der Waals surface area contributed by atoms with Crippen LogP contribution in [0.25, 0.3) is 0 Å². The molecule has 3 rings (SSSR count). The van der Waals surface area contributed by atoms with E-state index < -0.39 is 35.8 Å².